The topological polar surface area (TPSA) is 118 Å². The summed E-state index contributed by atoms with van der Waals surface area (Å²) in [5.41, 5.74) is 0.111. The third kappa shape index (κ3) is 3.48. The lowest BCUT2D eigenvalue weighted by molar-refractivity contribution is -0.385. The summed E-state index contributed by atoms with van der Waals surface area (Å²) in [5, 5.41) is 16.1. The molecule has 1 unspecified atom stereocenters. The number of carbonyl (C=O) groups is 3. The van der Waals surface area contributed by atoms with Crippen LogP contribution in [0.4, 0.5) is 11.4 Å². The Morgan fingerprint density at radius 1 is 1.18 bits per heavy atom. The molecule has 1 fully saturated rings. The van der Waals surface area contributed by atoms with Crippen molar-refractivity contribution in [2.75, 3.05) is 5.32 Å². The van der Waals surface area contributed by atoms with E-state index >= 15 is 0 Å². The van der Waals surface area contributed by atoms with Gasteiger partial charge in [-0.25, -0.2) is 0 Å². The molecule has 3 amide bonds. The maximum absolute atomic E-state index is 12.4. The molecule has 1 atom stereocenters. The number of hydrogen-bond acceptors (Lipinski definition) is 5. The molecular formula is C20H19N3O5. The quantitative estimate of drug-likeness (QED) is 0.469. The molecule has 1 aliphatic rings. The van der Waals surface area contributed by atoms with E-state index in [1.165, 1.54) is 18.2 Å². The van der Waals surface area contributed by atoms with Crippen LogP contribution in [0.3, 0.4) is 0 Å². The Hall–Kier alpha value is -3.55. The van der Waals surface area contributed by atoms with Crippen LogP contribution in [0.1, 0.15) is 42.1 Å². The van der Waals surface area contributed by atoms with Gasteiger partial charge in [0.05, 0.1) is 10.3 Å². The zero-order valence-electron chi connectivity index (χ0n) is 15.2. The van der Waals surface area contributed by atoms with Crippen LogP contribution in [0.25, 0.3) is 0 Å². The van der Waals surface area contributed by atoms with E-state index in [9.17, 15) is 24.5 Å². The number of hydrogen-bond donors (Lipinski definition) is 2. The van der Waals surface area contributed by atoms with Crippen molar-refractivity contribution in [3.8, 4) is 0 Å². The number of nitro benzene ring substituents is 1. The van der Waals surface area contributed by atoms with Gasteiger partial charge in [0.25, 0.3) is 11.6 Å². The number of piperidine rings is 1. The third-order valence-corrected chi connectivity index (χ3v) is 5.11. The van der Waals surface area contributed by atoms with Gasteiger partial charge in [-0.3, -0.25) is 29.8 Å². The van der Waals surface area contributed by atoms with Crippen LogP contribution in [-0.4, -0.2) is 22.6 Å². The summed E-state index contributed by atoms with van der Waals surface area (Å²) < 4.78 is 0. The Kier molecular flexibility index (Phi) is 5.21. The molecule has 0 radical (unpaired) electrons. The smallest absolute Gasteiger partial charge is 0.282 e. The number of carbonyl (C=O) groups excluding carboxylic acids is 3. The van der Waals surface area contributed by atoms with Gasteiger partial charge < -0.3 is 5.32 Å². The Labute approximate surface area is 161 Å². The first-order valence-electron chi connectivity index (χ1n) is 8.87. The van der Waals surface area contributed by atoms with Crippen LogP contribution in [-0.2, 0) is 15.0 Å². The monoisotopic (exact) mass is 381 g/mol. The molecule has 2 N–H and O–H groups in total. The highest BCUT2D eigenvalue weighted by Crippen LogP contribution is 2.36. The second-order valence-electron chi connectivity index (χ2n) is 6.62. The second kappa shape index (κ2) is 7.59. The number of rotatable bonds is 5. The Morgan fingerprint density at radius 2 is 1.86 bits per heavy atom. The summed E-state index contributed by atoms with van der Waals surface area (Å²) in [4.78, 5) is 46.8. The van der Waals surface area contributed by atoms with Crippen molar-refractivity contribution in [2.24, 2.45) is 0 Å². The first-order valence-corrected chi connectivity index (χ1v) is 8.87. The zero-order valence-corrected chi connectivity index (χ0v) is 15.2. The highest BCUT2D eigenvalue weighted by atomic mass is 16.6. The Balaban J connectivity index is 1.82. The summed E-state index contributed by atoms with van der Waals surface area (Å²) in [6.45, 7) is 1.89. The van der Waals surface area contributed by atoms with Gasteiger partial charge in [0.1, 0.15) is 5.56 Å². The van der Waals surface area contributed by atoms with Crippen molar-refractivity contribution in [1.29, 1.82) is 0 Å². The number of benzene rings is 2. The minimum absolute atomic E-state index is 0.0354. The van der Waals surface area contributed by atoms with Crippen LogP contribution in [0.15, 0.2) is 48.5 Å². The second-order valence-corrected chi connectivity index (χ2v) is 6.62. The first kappa shape index (κ1) is 19.2. The maximum Gasteiger partial charge on any atom is 0.282 e. The van der Waals surface area contributed by atoms with Crippen LogP contribution >= 0.6 is 0 Å². The van der Waals surface area contributed by atoms with Gasteiger partial charge in [0.15, 0.2) is 0 Å². The van der Waals surface area contributed by atoms with Gasteiger partial charge in [0, 0.05) is 18.2 Å². The number of imide groups is 1. The standard InChI is InChI=1S/C20H19N3O5/c1-2-20(12-11-17(24)22-19(20)26)13-7-9-14(10-8-13)21-18(25)15-5-3-4-6-16(15)23(27)28/h3-10H,2,11-12H2,1H3,(H,21,25)(H,22,24,26). The molecule has 0 saturated carbocycles. The molecule has 28 heavy (non-hydrogen) atoms. The minimum Gasteiger partial charge on any atom is -0.322 e. The van der Waals surface area contributed by atoms with E-state index in [0.29, 0.717) is 18.5 Å². The van der Waals surface area contributed by atoms with E-state index in [4.69, 9.17) is 0 Å². The molecule has 1 heterocycles. The van der Waals surface area contributed by atoms with Crippen LogP contribution in [0.5, 0.6) is 0 Å². The molecule has 8 heteroatoms. The van der Waals surface area contributed by atoms with Gasteiger partial charge in [-0.1, -0.05) is 31.2 Å². The van der Waals surface area contributed by atoms with E-state index in [2.05, 4.69) is 10.6 Å². The van der Waals surface area contributed by atoms with Gasteiger partial charge in [-0.05, 0) is 36.6 Å². The summed E-state index contributed by atoms with van der Waals surface area (Å²) in [5.74, 6) is -1.18. The van der Waals surface area contributed by atoms with Crippen LogP contribution in [0, 0.1) is 10.1 Å². The van der Waals surface area contributed by atoms with E-state index in [-0.39, 0.29) is 29.5 Å². The Bertz CT molecular complexity index is 955. The molecule has 8 nitrogen and oxygen atoms in total. The van der Waals surface area contributed by atoms with Crippen LogP contribution < -0.4 is 10.6 Å². The van der Waals surface area contributed by atoms with Crippen molar-refractivity contribution < 1.29 is 19.3 Å². The lowest BCUT2D eigenvalue weighted by Crippen LogP contribution is -2.51. The number of nitro groups is 1. The number of amides is 3. The average molecular weight is 381 g/mol. The lowest BCUT2D eigenvalue weighted by Gasteiger charge is -2.35. The number of nitrogens with one attached hydrogen (secondary N) is 2. The van der Waals surface area contributed by atoms with Crippen molar-refractivity contribution in [3.63, 3.8) is 0 Å². The third-order valence-electron chi connectivity index (χ3n) is 5.11. The van der Waals surface area contributed by atoms with Gasteiger partial charge >= 0.3 is 0 Å². The predicted octanol–water partition coefficient (Wildman–Crippen LogP) is 2.93. The zero-order chi connectivity index (χ0) is 20.3. The molecule has 144 valence electrons. The minimum atomic E-state index is -0.783. The molecule has 0 bridgehead atoms. The SMILES string of the molecule is CCC1(c2ccc(NC(=O)c3ccccc3[N+](=O)[O-])cc2)CCC(=O)NC1=O. The van der Waals surface area contributed by atoms with Gasteiger partial charge in [-0.2, -0.15) is 0 Å². The fraction of sp³-hybridized carbons (Fsp3) is 0.250. The van der Waals surface area contributed by atoms with Crippen molar-refractivity contribution in [2.45, 2.75) is 31.6 Å². The highest BCUT2D eigenvalue weighted by Gasteiger charge is 2.42. The van der Waals surface area contributed by atoms with Gasteiger partial charge in [-0.15, -0.1) is 0 Å². The fourth-order valence-electron chi connectivity index (χ4n) is 3.46. The van der Waals surface area contributed by atoms with Gasteiger partial charge in [0.2, 0.25) is 11.8 Å². The summed E-state index contributed by atoms with van der Waals surface area (Å²) in [6, 6.07) is 12.4. The maximum atomic E-state index is 12.4. The number of para-hydroxylation sites is 1. The van der Waals surface area contributed by atoms with Crippen molar-refractivity contribution in [1.82, 2.24) is 5.32 Å². The van der Waals surface area contributed by atoms with E-state index < -0.39 is 16.2 Å². The molecule has 2 aromatic rings. The Morgan fingerprint density at radius 3 is 2.46 bits per heavy atom. The molecule has 0 aliphatic carbocycles. The lowest BCUT2D eigenvalue weighted by atomic mass is 9.72. The summed E-state index contributed by atoms with van der Waals surface area (Å²) >= 11 is 0. The molecule has 2 aromatic carbocycles. The first-order chi connectivity index (χ1) is 13.4. The molecule has 1 aliphatic heterocycles. The number of anilines is 1. The van der Waals surface area contributed by atoms with E-state index in [1.807, 2.05) is 6.92 Å². The van der Waals surface area contributed by atoms with E-state index in [1.54, 1.807) is 30.3 Å². The molecule has 3 rings (SSSR count). The summed E-state index contributed by atoms with van der Waals surface area (Å²) in [7, 11) is 0. The molecule has 1 saturated heterocycles. The average Bonchev–Trinajstić information content (AvgIpc) is 2.69. The number of nitrogens with zero attached hydrogens (tertiary/aromatic N) is 1. The largest absolute Gasteiger partial charge is 0.322 e. The predicted molar refractivity (Wildman–Crippen MR) is 102 cm³/mol. The summed E-state index contributed by atoms with van der Waals surface area (Å²) in [6.07, 6.45) is 1.24. The molecule has 0 spiro atoms. The van der Waals surface area contributed by atoms with Crippen molar-refractivity contribution >= 4 is 29.1 Å². The van der Waals surface area contributed by atoms with Crippen molar-refractivity contribution in [3.05, 3.63) is 69.8 Å². The fourth-order valence-corrected chi connectivity index (χ4v) is 3.46. The normalized spacial score (nSPS) is 19.0. The van der Waals surface area contributed by atoms with E-state index in [0.717, 1.165) is 5.56 Å². The highest BCUT2D eigenvalue weighted by molar-refractivity contribution is 6.07. The van der Waals surface area contributed by atoms with Crippen LogP contribution in [0.2, 0.25) is 0 Å². The molecule has 0 aromatic heterocycles. The molecular weight excluding hydrogens is 362 g/mol.